The zero-order valence-electron chi connectivity index (χ0n) is 11.5. The summed E-state index contributed by atoms with van der Waals surface area (Å²) in [5, 5.41) is 9.19. The Labute approximate surface area is 114 Å². The van der Waals surface area contributed by atoms with Crippen molar-refractivity contribution in [2.24, 2.45) is 0 Å². The Morgan fingerprint density at radius 2 is 2.32 bits per heavy atom. The number of aromatic carboxylic acids is 1. The molecule has 1 aliphatic heterocycles. The van der Waals surface area contributed by atoms with Crippen molar-refractivity contribution in [3.63, 3.8) is 0 Å². The van der Waals surface area contributed by atoms with Gasteiger partial charge in [0, 0.05) is 18.8 Å². The highest BCUT2D eigenvalue weighted by atomic mass is 16.4. The molecule has 4 nitrogen and oxygen atoms in total. The zero-order valence-corrected chi connectivity index (χ0v) is 11.5. The minimum atomic E-state index is -0.932. The fourth-order valence-corrected chi connectivity index (χ4v) is 2.88. The molecule has 1 unspecified atom stereocenters. The van der Waals surface area contributed by atoms with Crippen molar-refractivity contribution in [3.05, 3.63) is 29.6 Å². The second kappa shape index (κ2) is 6.66. The molecule has 1 aromatic rings. The summed E-state index contributed by atoms with van der Waals surface area (Å²) in [6.07, 6.45) is 7.67. The van der Waals surface area contributed by atoms with Crippen LogP contribution < -0.4 is 0 Å². The lowest BCUT2D eigenvalue weighted by Gasteiger charge is -2.29. The molecule has 1 aromatic heterocycles. The molecule has 104 valence electrons. The third-order valence-corrected chi connectivity index (χ3v) is 3.94. The number of rotatable bonds is 4. The van der Waals surface area contributed by atoms with Crippen molar-refractivity contribution in [2.75, 3.05) is 6.54 Å². The van der Waals surface area contributed by atoms with E-state index in [0.717, 1.165) is 18.5 Å². The van der Waals surface area contributed by atoms with Gasteiger partial charge >= 0.3 is 5.97 Å². The van der Waals surface area contributed by atoms with Gasteiger partial charge in [0.1, 0.15) is 0 Å². The Kier molecular flexibility index (Phi) is 4.91. The number of likely N-dealkylation sites (tertiary alicyclic amines) is 1. The van der Waals surface area contributed by atoms with Gasteiger partial charge in [-0.2, -0.15) is 0 Å². The molecule has 1 N–H and O–H groups in total. The SMILES string of the molecule is CCC1CCCCCN1Cc1cccnc1C(=O)O. The molecule has 1 saturated heterocycles. The predicted octanol–water partition coefficient (Wildman–Crippen LogP) is 2.93. The molecule has 0 radical (unpaired) electrons. The fourth-order valence-electron chi connectivity index (χ4n) is 2.88. The van der Waals surface area contributed by atoms with Gasteiger partial charge in [0.05, 0.1) is 0 Å². The molecule has 0 aliphatic carbocycles. The topological polar surface area (TPSA) is 53.4 Å². The quantitative estimate of drug-likeness (QED) is 0.906. The molecule has 2 heterocycles. The summed E-state index contributed by atoms with van der Waals surface area (Å²) in [5.41, 5.74) is 1.02. The van der Waals surface area contributed by atoms with Gasteiger partial charge in [0.25, 0.3) is 0 Å². The number of aromatic nitrogens is 1. The summed E-state index contributed by atoms with van der Waals surface area (Å²) in [6, 6.07) is 4.28. The molecular formula is C15H22N2O2. The molecule has 1 aliphatic rings. The number of hydrogen-bond acceptors (Lipinski definition) is 3. The molecule has 0 spiro atoms. The lowest BCUT2D eigenvalue weighted by Crippen LogP contribution is -2.34. The van der Waals surface area contributed by atoms with Crippen molar-refractivity contribution in [3.8, 4) is 0 Å². The summed E-state index contributed by atoms with van der Waals surface area (Å²) in [6.45, 7) is 3.98. The average Bonchev–Trinajstić information content (AvgIpc) is 2.64. The number of hydrogen-bond donors (Lipinski definition) is 1. The highest BCUT2D eigenvalue weighted by molar-refractivity contribution is 5.86. The smallest absolute Gasteiger partial charge is 0.354 e. The van der Waals surface area contributed by atoms with Gasteiger partial charge in [-0.1, -0.05) is 25.8 Å². The van der Waals surface area contributed by atoms with E-state index in [4.69, 9.17) is 0 Å². The van der Waals surface area contributed by atoms with Gasteiger partial charge in [0.2, 0.25) is 0 Å². The number of carboxylic acid groups (broad SMARTS) is 1. The molecule has 0 saturated carbocycles. The van der Waals surface area contributed by atoms with Crippen LogP contribution in [0.4, 0.5) is 0 Å². The Bertz CT molecular complexity index is 434. The Morgan fingerprint density at radius 3 is 3.05 bits per heavy atom. The molecule has 4 heteroatoms. The van der Waals surface area contributed by atoms with Gasteiger partial charge in [-0.05, 0) is 37.4 Å². The van der Waals surface area contributed by atoms with E-state index in [1.807, 2.05) is 12.1 Å². The van der Waals surface area contributed by atoms with E-state index in [2.05, 4.69) is 16.8 Å². The molecule has 2 rings (SSSR count). The van der Waals surface area contributed by atoms with Crippen molar-refractivity contribution >= 4 is 5.97 Å². The van der Waals surface area contributed by atoms with Gasteiger partial charge in [-0.25, -0.2) is 9.78 Å². The van der Waals surface area contributed by atoms with Crippen LogP contribution in [0.15, 0.2) is 18.3 Å². The Hall–Kier alpha value is -1.42. The van der Waals surface area contributed by atoms with Crippen LogP contribution in [0.1, 0.15) is 55.1 Å². The first kappa shape index (κ1) is 14.0. The second-order valence-electron chi connectivity index (χ2n) is 5.20. The number of nitrogens with zero attached hydrogens (tertiary/aromatic N) is 2. The average molecular weight is 262 g/mol. The molecule has 19 heavy (non-hydrogen) atoms. The minimum Gasteiger partial charge on any atom is -0.477 e. The largest absolute Gasteiger partial charge is 0.477 e. The summed E-state index contributed by atoms with van der Waals surface area (Å²) in [7, 11) is 0. The van der Waals surface area contributed by atoms with E-state index < -0.39 is 5.97 Å². The third kappa shape index (κ3) is 3.53. The Balaban J connectivity index is 2.16. The highest BCUT2D eigenvalue weighted by Gasteiger charge is 2.21. The summed E-state index contributed by atoms with van der Waals surface area (Å²) >= 11 is 0. The number of carbonyl (C=O) groups is 1. The summed E-state index contributed by atoms with van der Waals surface area (Å²) in [5.74, 6) is -0.932. The molecule has 0 aromatic carbocycles. The van der Waals surface area contributed by atoms with E-state index in [1.54, 1.807) is 6.20 Å². The number of carboxylic acids is 1. The van der Waals surface area contributed by atoms with Gasteiger partial charge < -0.3 is 5.11 Å². The van der Waals surface area contributed by atoms with Crippen molar-refractivity contribution < 1.29 is 9.90 Å². The summed E-state index contributed by atoms with van der Waals surface area (Å²) < 4.78 is 0. The molecule has 1 fully saturated rings. The van der Waals surface area contributed by atoms with Crippen LogP contribution >= 0.6 is 0 Å². The van der Waals surface area contributed by atoms with Crippen molar-refractivity contribution in [1.29, 1.82) is 0 Å². The lowest BCUT2D eigenvalue weighted by atomic mass is 10.1. The first-order valence-electron chi connectivity index (χ1n) is 7.13. The van der Waals surface area contributed by atoms with Gasteiger partial charge in [0.15, 0.2) is 5.69 Å². The van der Waals surface area contributed by atoms with E-state index in [9.17, 15) is 9.90 Å². The fraction of sp³-hybridized carbons (Fsp3) is 0.600. The number of pyridine rings is 1. The molecule has 1 atom stereocenters. The maximum Gasteiger partial charge on any atom is 0.354 e. The second-order valence-corrected chi connectivity index (χ2v) is 5.20. The van der Waals surface area contributed by atoms with Crippen LogP contribution in [0.25, 0.3) is 0 Å². The van der Waals surface area contributed by atoms with Crippen molar-refractivity contribution in [2.45, 2.75) is 51.6 Å². The van der Waals surface area contributed by atoms with Crippen LogP contribution in [-0.4, -0.2) is 33.5 Å². The molecule has 0 amide bonds. The molecular weight excluding hydrogens is 240 g/mol. The van der Waals surface area contributed by atoms with Gasteiger partial charge in [-0.15, -0.1) is 0 Å². The van der Waals surface area contributed by atoms with Crippen LogP contribution in [0, 0.1) is 0 Å². The van der Waals surface area contributed by atoms with Crippen LogP contribution in [-0.2, 0) is 6.54 Å². The standard InChI is InChI=1S/C15H22N2O2/c1-2-13-8-4-3-5-10-17(13)11-12-7-6-9-16-14(12)15(18)19/h6-7,9,13H,2-5,8,10-11H2,1H3,(H,18,19). The summed E-state index contributed by atoms with van der Waals surface area (Å²) in [4.78, 5) is 17.6. The third-order valence-electron chi connectivity index (χ3n) is 3.94. The predicted molar refractivity (Wildman–Crippen MR) is 74.2 cm³/mol. The minimum absolute atomic E-state index is 0.196. The van der Waals surface area contributed by atoms with Gasteiger partial charge in [-0.3, -0.25) is 4.90 Å². The van der Waals surface area contributed by atoms with E-state index >= 15 is 0 Å². The Morgan fingerprint density at radius 1 is 1.47 bits per heavy atom. The normalized spacial score (nSPS) is 21.0. The first-order valence-corrected chi connectivity index (χ1v) is 7.13. The van der Waals surface area contributed by atoms with Crippen LogP contribution in [0.5, 0.6) is 0 Å². The van der Waals surface area contributed by atoms with E-state index in [0.29, 0.717) is 12.6 Å². The highest BCUT2D eigenvalue weighted by Crippen LogP contribution is 2.22. The van der Waals surface area contributed by atoms with E-state index in [-0.39, 0.29) is 5.69 Å². The zero-order chi connectivity index (χ0) is 13.7. The monoisotopic (exact) mass is 262 g/mol. The molecule has 0 bridgehead atoms. The van der Waals surface area contributed by atoms with Crippen molar-refractivity contribution in [1.82, 2.24) is 9.88 Å². The van der Waals surface area contributed by atoms with Crippen LogP contribution in [0.2, 0.25) is 0 Å². The first-order chi connectivity index (χ1) is 9.22. The maximum atomic E-state index is 11.2. The van der Waals surface area contributed by atoms with E-state index in [1.165, 1.54) is 25.7 Å². The lowest BCUT2D eigenvalue weighted by molar-refractivity contribution is 0.0686. The van der Waals surface area contributed by atoms with Crippen LogP contribution in [0.3, 0.4) is 0 Å². The maximum absolute atomic E-state index is 11.2.